The summed E-state index contributed by atoms with van der Waals surface area (Å²) in [5.41, 5.74) is 27.5. The minimum Gasteiger partial charge on any atom is -0.309 e. The Balaban J connectivity index is 0.000000143. The van der Waals surface area contributed by atoms with Crippen molar-refractivity contribution >= 4 is 87.2 Å². The van der Waals surface area contributed by atoms with Crippen LogP contribution in [0, 0.1) is 0 Å². The average Bonchev–Trinajstić information content (AvgIpc) is 1.59. The molecule has 0 aliphatic heterocycles. The van der Waals surface area contributed by atoms with E-state index >= 15 is 0 Å². The third-order valence-corrected chi connectivity index (χ3v) is 23.6. The standard InChI is InChI=1S/2C56H36N6/c1-4-16-37(17-5-1)54-58-55(38-18-6-2-7-19-38)60-56(59-54)41-32-33-57-48(35-41)46-26-15-29-51-53(46)47-25-11-13-28-50(47)62(51)43-23-14-20-39(34-43)40-30-31-45-44-24-10-12-27-49(44)61(52(45)36-40)42-21-8-3-9-22-42;1-4-16-37(17-5-1)54-58-55(38-18-6-2-7-19-38)60-56(59-54)41-32-33-57-48(36-41)45-26-15-29-52-53(45)46-25-11-13-28-50(46)62(52)43-23-14-20-39(34-43)40-30-31-51-47(35-40)44-24-10-12-27-49(44)61(51)42-21-8-3-9-22-42/h2*1-36H. The Morgan fingerprint density at radius 2 is 0.435 bits per heavy atom. The lowest BCUT2D eigenvalue weighted by molar-refractivity contribution is 1.07. The first-order chi connectivity index (χ1) is 61.5. The molecule has 0 atom stereocenters. The molecule has 24 rings (SSSR count). The van der Waals surface area contributed by atoms with E-state index in [0.717, 1.165) is 139 Å². The van der Waals surface area contributed by atoms with E-state index in [1.165, 1.54) is 49.2 Å². The van der Waals surface area contributed by atoms with Crippen molar-refractivity contribution in [2.45, 2.75) is 0 Å². The minimum atomic E-state index is 0.593. The smallest absolute Gasteiger partial charge is 0.164 e. The molecular weight excluding hydrogens is 1510 g/mol. The van der Waals surface area contributed by atoms with Crippen molar-refractivity contribution in [1.82, 2.24) is 58.1 Å². The Hall–Kier alpha value is -17.0. The van der Waals surface area contributed by atoms with Crippen LogP contribution in [0.25, 0.3) is 223 Å². The fraction of sp³-hybridized carbons (Fsp3) is 0. The molecule has 0 saturated heterocycles. The van der Waals surface area contributed by atoms with Crippen molar-refractivity contribution in [2.24, 2.45) is 0 Å². The molecular formula is C112H72N12. The van der Waals surface area contributed by atoms with Gasteiger partial charge in [0, 0.05) is 123 Å². The lowest BCUT2D eigenvalue weighted by Crippen LogP contribution is -2.00. The van der Waals surface area contributed by atoms with Crippen molar-refractivity contribution in [3.8, 4) is 136 Å². The summed E-state index contributed by atoms with van der Waals surface area (Å²) in [6.45, 7) is 0. The molecule has 0 N–H and O–H groups in total. The summed E-state index contributed by atoms with van der Waals surface area (Å²) in [4.78, 5) is 39.8. The average molecular weight is 1590 g/mol. The number of nitrogens with zero attached hydrogens (tertiary/aromatic N) is 12. The van der Waals surface area contributed by atoms with Gasteiger partial charge in [0.1, 0.15) is 0 Å². The Kier molecular flexibility index (Phi) is 17.9. The number of hydrogen-bond acceptors (Lipinski definition) is 8. The van der Waals surface area contributed by atoms with Gasteiger partial charge in [0.2, 0.25) is 0 Å². The molecule has 0 amide bonds. The van der Waals surface area contributed by atoms with Gasteiger partial charge in [0.15, 0.2) is 34.9 Å². The van der Waals surface area contributed by atoms with Crippen molar-refractivity contribution in [2.75, 3.05) is 0 Å². The lowest BCUT2D eigenvalue weighted by Gasteiger charge is -2.12. The molecule has 0 fully saturated rings. The molecule has 0 bridgehead atoms. The molecule has 12 nitrogen and oxygen atoms in total. The summed E-state index contributed by atoms with van der Waals surface area (Å²) in [6.07, 6.45) is 3.71. The van der Waals surface area contributed by atoms with Gasteiger partial charge < -0.3 is 18.3 Å². The SMILES string of the molecule is c1ccc(-c2nc(-c3ccccc3)nc(-c3ccnc(-c4cccc5c4c4ccccc4n5-c4cccc(-c5ccc6c(c5)c5ccccc5n6-c5ccccc5)c4)c3)n2)cc1.c1ccc(-c2nc(-c3ccccc3)nc(-c3ccnc(-c4cccc5c4c4ccccc4n5-c4cccc(-c5ccc6c7ccccc7n(-c7ccccc7)c6c5)c4)c3)n2)cc1. The first-order valence-electron chi connectivity index (χ1n) is 41.6. The van der Waals surface area contributed by atoms with Crippen molar-refractivity contribution < 1.29 is 0 Å². The van der Waals surface area contributed by atoms with E-state index in [2.05, 4.69) is 309 Å². The molecule has 0 spiro atoms. The van der Waals surface area contributed by atoms with Crippen molar-refractivity contribution in [1.29, 1.82) is 0 Å². The Morgan fingerprint density at radius 3 is 0.863 bits per heavy atom. The van der Waals surface area contributed by atoms with E-state index in [-0.39, 0.29) is 0 Å². The molecule has 124 heavy (non-hydrogen) atoms. The van der Waals surface area contributed by atoms with Crippen molar-refractivity contribution in [3.05, 3.63) is 437 Å². The second kappa shape index (κ2) is 30.8. The van der Waals surface area contributed by atoms with Gasteiger partial charge in [-0.15, -0.1) is 0 Å². The highest BCUT2D eigenvalue weighted by molar-refractivity contribution is 6.18. The van der Waals surface area contributed by atoms with E-state index < -0.39 is 0 Å². The lowest BCUT2D eigenvalue weighted by atomic mass is 10.0. The van der Waals surface area contributed by atoms with Gasteiger partial charge >= 0.3 is 0 Å². The molecule has 0 saturated carbocycles. The predicted octanol–water partition coefficient (Wildman–Crippen LogP) is 27.6. The summed E-state index contributed by atoms with van der Waals surface area (Å²) in [5.74, 6) is 3.68. The molecule has 0 radical (unpaired) electrons. The van der Waals surface area contributed by atoms with Gasteiger partial charge in [-0.2, -0.15) is 0 Å². The summed E-state index contributed by atoms with van der Waals surface area (Å²) in [7, 11) is 0. The van der Waals surface area contributed by atoms with Gasteiger partial charge in [-0.05, 0) is 150 Å². The summed E-state index contributed by atoms with van der Waals surface area (Å²) >= 11 is 0. The number of hydrogen-bond donors (Lipinski definition) is 0. The fourth-order valence-electron chi connectivity index (χ4n) is 18.0. The minimum absolute atomic E-state index is 0.593. The van der Waals surface area contributed by atoms with Crippen LogP contribution in [-0.4, -0.2) is 58.1 Å². The summed E-state index contributed by atoms with van der Waals surface area (Å²) < 4.78 is 9.50. The normalized spacial score (nSPS) is 11.5. The van der Waals surface area contributed by atoms with Crippen LogP contribution < -0.4 is 0 Å². The van der Waals surface area contributed by atoms with E-state index in [9.17, 15) is 0 Å². The molecule has 12 heteroatoms. The highest BCUT2D eigenvalue weighted by Gasteiger charge is 2.24. The summed E-state index contributed by atoms with van der Waals surface area (Å²) in [6, 6.07) is 149. The van der Waals surface area contributed by atoms with Crippen LogP contribution in [0.4, 0.5) is 0 Å². The van der Waals surface area contributed by atoms with E-state index in [0.29, 0.717) is 34.9 Å². The zero-order valence-electron chi connectivity index (χ0n) is 66.9. The van der Waals surface area contributed by atoms with Gasteiger partial charge in [0.05, 0.1) is 55.5 Å². The second-order valence-electron chi connectivity index (χ2n) is 31.0. The van der Waals surface area contributed by atoms with Crippen LogP contribution in [0.3, 0.4) is 0 Å². The van der Waals surface area contributed by atoms with Gasteiger partial charge in [-0.25, -0.2) is 29.9 Å². The number of aromatic nitrogens is 12. The number of pyridine rings is 2. The Morgan fingerprint density at radius 1 is 0.153 bits per heavy atom. The van der Waals surface area contributed by atoms with E-state index in [1.54, 1.807) is 0 Å². The largest absolute Gasteiger partial charge is 0.309 e. The third kappa shape index (κ3) is 12.9. The monoisotopic (exact) mass is 1580 g/mol. The van der Waals surface area contributed by atoms with Gasteiger partial charge in [-0.3, -0.25) is 9.97 Å². The maximum absolute atomic E-state index is 5.02. The maximum Gasteiger partial charge on any atom is 0.164 e. The van der Waals surface area contributed by atoms with Crippen LogP contribution in [0.2, 0.25) is 0 Å². The summed E-state index contributed by atoms with van der Waals surface area (Å²) in [5, 5.41) is 9.53. The van der Waals surface area contributed by atoms with Gasteiger partial charge in [-0.1, -0.05) is 297 Å². The molecule has 0 aliphatic rings. The van der Waals surface area contributed by atoms with Gasteiger partial charge in [0.25, 0.3) is 0 Å². The van der Waals surface area contributed by atoms with Crippen LogP contribution >= 0.6 is 0 Å². The molecule has 24 aromatic rings. The van der Waals surface area contributed by atoms with E-state index in [4.69, 9.17) is 39.9 Å². The first-order valence-corrected chi connectivity index (χ1v) is 41.6. The van der Waals surface area contributed by atoms with Crippen LogP contribution in [0.5, 0.6) is 0 Å². The zero-order chi connectivity index (χ0) is 82.0. The highest BCUT2D eigenvalue weighted by Crippen LogP contribution is 2.45. The molecule has 8 heterocycles. The Bertz CT molecular complexity index is 8100. The first kappa shape index (κ1) is 72.3. The number of rotatable bonds is 14. The molecule has 0 unspecified atom stereocenters. The van der Waals surface area contributed by atoms with Crippen molar-refractivity contribution in [3.63, 3.8) is 0 Å². The number of benzene rings is 16. The van der Waals surface area contributed by atoms with Crippen LogP contribution in [-0.2, 0) is 0 Å². The Labute approximate surface area is 713 Å². The second-order valence-corrected chi connectivity index (χ2v) is 31.0. The maximum atomic E-state index is 5.02. The third-order valence-electron chi connectivity index (χ3n) is 23.6. The van der Waals surface area contributed by atoms with E-state index in [1.807, 2.05) is 146 Å². The zero-order valence-corrected chi connectivity index (χ0v) is 66.9. The quantitative estimate of drug-likeness (QED) is 0.105. The topological polar surface area (TPSA) is 123 Å². The van der Waals surface area contributed by atoms with Crippen LogP contribution in [0.1, 0.15) is 0 Å². The predicted molar refractivity (Wildman–Crippen MR) is 507 cm³/mol. The molecule has 580 valence electrons. The highest BCUT2D eigenvalue weighted by atomic mass is 15.1. The molecule has 16 aromatic carbocycles. The molecule has 8 aromatic heterocycles. The number of para-hydroxylation sites is 6. The molecule has 0 aliphatic carbocycles. The fourth-order valence-corrected chi connectivity index (χ4v) is 18.0. The number of fused-ring (bicyclic) bond motifs is 12. The van der Waals surface area contributed by atoms with Crippen LogP contribution in [0.15, 0.2) is 437 Å².